The first kappa shape index (κ1) is 10.7. The number of hydrogen-bond donors (Lipinski definition) is 0. The molecule has 1 aromatic carbocycles. The lowest BCUT2D eigenvalue weighted by Gasteiger charge is -2.04. The maximum absolute atomic E-state index is 11.4. The molecule has 0 fully saturated rings. The second kappa shape index (κ2) is 4.11. The van der Waals surface area contributed by atoms with Crippen LogP contribution in [0.1, 0.15) is 17.3 Å². The summed E-state index contributed by atoms with van der Waals surface area (Å²) in [4.78, 5) is 15.6. The van der Waals surface area contributed by atoms with Crippen molar-refractivity contribution in [3.05, 3.63) is 60.6 Å². The number of hydrogen-bond acceptors (Lipinski definition) is 2. The van der Waals surface area contributed by atoms with Crippen molar-refractivity contribution in [3.63, 3.8) is 0 Å². The molecular formula is C15H12N2O. The Hall–Kier alpha value is -2.42. The highest BCUT2D eigenvalue weighted by Gasteiger charge is 2.03. The summed E-state index contributed by atoms with van der Waals surface area (Å²) >= 11 is 0. The van der Waals surface area contributed by atoms with Crippen molar-refractivity contribution in [1.82, 2.24) is 9.38 Å². The topological polar surface area (TPSA) is 34.4 Å². The molecule has 0 saturated heterocycles. The summed E-state index contributed by atoms with van der Waals surface area (Å²) in [6.07, 6.45) is 5.69. The number of ketones is 1. The molecular weight excluding hydrogens is 224 g/mol. The molecule has 3 aromatic rings. The molecule has 2 aromatic heterocycles. The van der Waals surface area contributed by atoms with Crippen LogP contribution in [0.2, 0.25) is 0 Å². The van der Waals surface area contributed by atoms with Crippen LogP contribution < -0.4 is 0 Å². The number of fused-ring (bicyclic) bond motifs is 1. The van der Waals surface area contributed by atoms with E-state index in [4.69, 9.17) is 0 Å². The van der Waals surface area contributed by atoms with E-state index in [0.717, 1.165) is 22.3 Å². The van der Waals surface area contributed by atoms with Gasteiger partial charge >= 0.3 is 0 Å². The van der Waals surface area contributed by atoms with Gasteiger partial charge in [0.1, 0.15) is 5.65 Å². The van der Waals surface area contributed by atoms with Gasteiger partial charge in [-0.1, -0.05) is 18.2 Å². The molecule has 88 valence electrons. The van der Waals surface area contributed by atoms with E-state index in [1.165, 1.54) is 0 Å². The summed E-state index contributed by atoms with van der Waals surface area (Å²) in [5, 5.41) is 0. The normalized spacial score (nSPS) is 10.7. The number of imidazole rings is 1. The average molecular weight is 236 g/mol. The van der Waals surface area contributed by atoms with Crippen LogP contribution in [0, 0.1) is 0 Å². The van der Waals surface area contributed by atoms with Gasteiger partial charge in [0.25, 0.3) is 0 Å². The Morgan fingerprint density at radius 2 is 2.06 bits per heavy atom. The molecule has 0 atom stereocenters. The molecule has 0 aliphatic rings. The van der Waals surface area contributed by atoms with Crippen molar-refractivity contribution in [1.29, 1.82) is 0 Å². The quantitative estimate of drug-likeness (QED) is 0.640. The fourth-order valence-electron chi connectivity index (χ4n) is 2.01. The molecule has 18 heavy (non-hydrogen) atoms. The molecule has 0 amide bonds. The summed E-state index contributed by atoms with van der Waals surface area (Å²) in [7, 11) is 0. The second-order valence-corrected chi connectivity index (χ2v) is 4.25. The van der Waals surface area contributed by atoms with Crippen LogP contribution >= 0.6 is 0 Å². The third-order valence-electron chi connectivity index (χ3n) is 2.99. The van der Waals surface area contributed by atoms with Crippen LogP contribution in [-0.4, -0.2) is 15.2 Å². The molecule has 0 aliphatic carbocycles. The van der Waals surface area contributed by atoms with E-state index in [-0.39, 0.29) is 5.78 Å². The van der Waals surface area contributed by atoms with E-state index in [1.54, 1.807) is 13.1 Å². The van der Waals surface area contributed by atoms with Gasteiger partial charge < -0.3 is 4.40 Å². The molecule has 2 heterocycles. The van der Waals surface area contributed by atoms with Crippen LogP contribution in [-0.2, 0) is 0 Å². The molecule has 0 bridgehead atoms. The van der Waals surface area contributed by atoms with E-state index in [0.29, 0.717) is 0 Å². The average Bonchev–Trinajstić information content (AvgIpc) is 2.86. The molecule has 0 saturated carbocycles. The smallest absolute Gasteiger partial charge is 0.159 e. The maximum Gasteiger partial charge on any atom is 0.159 e. The summed E-state index contributed by atoms with van der Waals surface area (Å²) in [5.41, 5.74) is 3.77. The maximum atomic E-state index is 11.4. The Morgan fingerprint density at radius 1 is 1.17 bits per heavy atom. The van der Waals surface area contributed by atoms with Crippen molar-refractivity contribution in [2.45, 2.75) is 6.92 Å². The highest BCUT2D eigenvalue weighted by atomic mass is 16.1. The summed E-state index contributed by atoms with van der Waals surface area (Å²) < 4.78 is 1.97. The lowest BCUT2D eigenvalue weighted by atomic mass is 10.0. The lowest BCUT2D eigenvalue weighted by molar-refractivity contribution is 0.101. The molecule has 3 nitrogen and oxygen atoms in total. The zero-order chi connectivity index (χ0) is 12.5. The van der Waals surface area contributed by atoms with Crippen molar-refractivity contribution in [2.75, 3.05) is 0 Å². The summed E-state index contributed by atoms with van der Waals surface area (Å²) in [6.45, 7) is 1.58. The van der Waals surface area contributed by atoms with Crippen molar-refractivity contribution in [3.8, 4) is 11.1 Å². The minimum Gasteiger partial charge on any atom is -0.306 e. The highest BCUT2D eigenvalue weighted by molar-refractivity contribution is 5.95. The molecule has 0 radical (unpaired) electrons. The third kappa shape index (κ3) is 1.80. The van der Waals surface area contributed by atoms with Gasteiger partial charge in [-0.2, -0.15) is 0 Å². The number of rotatable bonds is 2. The first-order chi connectivity index (χ1) is 8.74. The number of carbonyl (C=O) groups excluding carboxylic acids is 1. The summed E-state index contributed by atoms with van der Waals surface area (Å²) in [6, 6.07) is 11.6. The van der Waals surface area contributed by atoms with E-state index >= 15 is 0 Å². The Bertz CT molecular complexity index is 728. The zero-order valence-electron chi connectivity index (χ0n) is 10.00. The van der Waals surface area contributed by atoms with Crippen LogP contribution in [0.5, 0.6) is 0 Å². The minimum atomic E-state index is 0.0839. The van der Waals surface area contributed by atoms with Crippen molar-refractivity contribution >= 4 is 11.4 Å². The van der Waals surface area contributed by atoms with Gasteiger partial charge in [-0.15, -0.1) is 0 Å². The molecule has 0 unspecified atom stereocenters. The zero-order valence-corrected chi connectivity index (χ0v) is 10.00. The molecule has 3 heteroatoms. The van der Waals surface area contributed by atoms with E-state index in [2.05, 4.69) is 4.98 Å². The molecule has 3 rings (SSSR count). The van der Waals surface area contributed by atoms with Crippen LogP contribution in [0.25, 0.3) is 16.8 Å². The highest BCUT2D eigenvalue weighted by Crippen LogP contribution is 2.21. The third-order valence-corrected chi connectivity index (χ3v) is 2.99. The van der Waals surface area contributed by atoms with E-state index in [9.17, 15) is 4.79 Å². The SMILES string of the molecule is CC(=O)c1cccc(-c2ccc3nccn3c2)c1. The van der Waals surface area contributed by atoms with Crippen molar-refractivity contribution < 1.29 is 4.79 Å². The lowest BCUT2D eigenvalue weighted by Crippen LogP contribution is -1.92. The number of pyridine rings is 1. The first-order valence-electron chi connectivity index (χ1n) is 5.78. The number of aromatic nitrogens is 2. The number of nitrogens with zero attached hydrogens (tertiary/aromatic N) is 2. The Morgan fingerprint density at radius 3 is 2.89 bits per heavy atom. The van der Waals surface area contributed by atoms with Gasteiger partial charge in [0.15, 0.2) is 5.78 Å². The van der Waals surface area contributed by atoms with Gasteiger partial charge in [-0.25, -0.2) is 4.98 Å². The second-order valence-electron chi connectivity index (χ2n) is 4.25. The van der Waals surface area contributed by atoms with Crippen LogP contribution in [0.15, 0.2) is 55.0 Å². The van der Waals surface area contributed by atoms with Gasteiger partial charge in [0.2, 0.25) is 0 Å². The van der Waals surface area contributed by atoms with Gasteiger partial charge in [-0.05, 0) is 36.2 Å². The van der Waals surface area contributed by atoms with Crippen LogP contribution in [0.4, 0.5) is 0 Å². The van der Waals surface area contributed by atoms with Crippen LogP contribution in [0.3, 0.4) is 0 Å². The van der Waals surface area contributed by atoms with Crippen molar-refractivity contribution in [2.24, 2.45) is 0 Å². The number of carbonyl (C=O) groups is 1. The van der Waals surface area contributed by atoms with E-state index in [1.807, 2.05) is 53.2 Å². The largest absolute Gasteiger partial charge is 0.306 e. The predicted octanol–water partition coefficient (Wildman–Crippen LogP) is 3.20. The van der Waals surface area contributed by atoms with Gasteiger partial charge in [0, 0.05) is 24.2 Å². The van der Waals surface area contributed by atoms with E-state index < -0.39 is 0 Å². The number of benzene rings is 1. The fraction of sp³-hybridized carbons (Fsp3) is 0.0667. The van der Waals surface area contributed by atoms with Gasteiger partial charge in [0.05, 0.1) is 0 Å². The molecule has 0 spiro atoms. The summed E-state index contributed by atoms with van der Waals surface area (Å²) in [5.74, 6) is 0.0839. The monoisotopic (exact) mass is 236 g/mol. The Balaban J connectivity index is 2.13. The molecule has 0 N–H and O–H groups in total. The first-order valence-corrected chi connectivity index (χ1v) is 5.78. The predicted molar refractivity (Wildman–Crippen MR) is 70.6 cm³/mol. The molecule has 0 aliphatic heterocycles. The minimum absolute atomic E-state index is 0.0839. The fourth-order valence-corrected chi connectivity index (χ4v) is 2.01. The van der Waals surface area contributed by atoms with Gasteiger partial charge in [-0.3, -0.25) is 4.79 Å². The standard InChI is InChI=1S/C15H12N2O/c1-11(18)12-3-2-4-13(9-12)14-5-6-15-16-7-8-17(15)10-14/h2-10H,1H3. The Labute approximate surface area is 105 Å². The number of Topliss-reactive ketones (excluding diaryl/α,β-unsaturated/α-hetero) is 1. The Kier molecular flexibility index (Phi) is 2.45.